The molecular formula is C5H12N2O. The van der Waals surface area contributed by atoms with E-state index in [4.69, 9.17) is 0 Å². The largest absolute Gasteiger partial charge is 0.600 e. The van der Waals surface area contributed by atoms with Crippen LogP contribution in [0.5, 0.6) is 0 Å². The summed E-state index contributed by atoms with van der Waals surface area (Å²) in [6, 6.07) is 0. The smallest absolute Gasteiger partial charge is 0.171 e. The van der Waals surface area contributed by atoms with Crippen LogP contribution < -0.4 is 0 Å². The molecule has 3 nitrogen and oxygen atoms in total. The molecule has 0 aliphatic heterocycles. The van der Waals surface area contributed by atoms with Crippen LogP contribution in [-0.2, 0) is 0 Å². The van der Waals surface area contributed by atoms with Crippen LogP contribution in [0.3, 0.4) is 0 Å². The van der Waals surface area contributed by atoms with Crippen molar-refractivity contribution < 1.29 is 4.86 Å². The molecule has 8 heavy (non-hydrogen) atoms. The first-order chi connectivity index (χ1) is 3.77. The molecule has 0 amide bonds. The second-order valence-electron chi connectivity index (χ2n) is 1.68. The lowest BCUT2D eigenvalue weighted by atomic mass is 10.3. The van der Waals surface area contributed by atoms with E-state index in [-0.39, 0.29) is 0 Å². The lowest BCUT2D eigenvalue weighted by Gasteiger charge is -1.89. The Balaban J connectivity index is 3.03. The molecule has 0 atom stereocenters. The zero-order valence-corrected chi connectivity index (χ0v) is 5.42. The average Bonchev–Trinajstić information content (AvgIpc) is 1.66. The monoisotopic (exact) mass is 116 g/mol. The molecule has 0 saturated heterocycles. The van der Waals surface area contributed by atoms with Crippen molar-refractivity contribution in [3.63, 3.8) is 0 Å². The Morgan fingerprint density at radius 1 is 1.62 bits per heavy atom. The van der Waals surface area contributed by atoms with Gasteiger partial charge >= 0.3 is 0 Å². The van der Waals surface area contributed by atoms with Crippen LogP contribution in [0, 0.1) is 5.21 Å². The summed E-state index contributed by atoms with van der Waals surface area (Å²) in [7, 11) is 1.40. The molecule has 0 rings (SSSR count). The van der Waals surface area contributed by atoms with Gasteiger partial charge in [-0.05, 0) is 11.5 Å². The predicted octanol–water partition coefficient (Wildman–Crippen LogP) is 1.38. The Bertz CT molecular complexity index is 76.5. The number of rotatable bonds is 3. The molecule has 3 heteroatoms. The van der Waals surface area contributed by atoms with Gasteiger partial charge in [0.15, 0.2) is 7.05 Å². The topological polar surface area (TPSA) is 38.4 Å². The molecule has 0 aliphatic carbocycles. The fourth-order valence-corrected chi connectivity index (χ4v) is 0.370. The van der Waals surface area contributed by atoms with Crippen molar-refractivity contribution >= 4 is 0 Å². The summed E-state index contributed by atoms with van der Waals surface area (Å²) >= 11 is 0. The highest BCUT2D eigenvalue weighted by Crippen LogP contribution is 1.85. The molecule has 0 saturated carbocycles. The Labute approximate surface area is 49.6 Å². The lowest BCUT2D eigenvalue weighted by Crippen LogP contribution is -1.90. The first-order valence-electron chi connectivity index (χ1n) is 2.85. The van der Waals surface area contributed by atoms with Crippen molar-refractivity contribution in [1.29, 1.82) is 0 Å². The van der Waals surface area contributed by atoms with Crippen LogP contribution in [0.25, 0.3) is 0 Å². The van der Waals surface area contributed by atoms with Gasteiger partial charge in [-0.15, -0.1) is 4.86 Å². The Morgan fingerprint density at radius 2 is 2.25 bits per heavy atom. The molecule has 0 bridgehead atoms. The van der Waals surface area contributed by atoms with E-state index < -0.39 is 0 Å². The Morgan fingerprint density at radius 3 is 2.62 bits per heavy atom. The quantitative estimate of drug-likeness (QED) is 0.237. The van der Waals surface area contributed by atoms with E-state index in [1.807, 2.05) is 0 Å². The lowest BCUT2D eigenvalue weighted by molar-refractivity contribution is -0.499. The highest BCUT2D eigenvalue weighted by atomic mass is 16.5. The highest BCUT2D eigenvalue weighted by molar-refractivity contribution is 4.32. The minimum atomic E-state index is 0.607. The summed E-state index contributed by atoms with van der Waals surface area (Å²) in [4.78, 5) is 0.607. The predicted molar refractivity (Wildman–Crippen MR) is 31.8 cm³/mol. The standard InChI is InChI=1S/C5H12N2O/c1-3-4-5-6-7(2)8/h3-5H2,1-2H3. The molecular weight excluding hydrogens is 104 g/mol. The van der Waals surface area contributed by atoms with Crippen LogP contribution in [0.4, 0.5) is 0 Å². The minimum absolute atomic E-state index is 0.607. The van der Waals surface area contributed by atoms with E-state index in [9.17, 15) is 5.21 Å². The van der Waals surface area contributed by atoms with Gasteiger partial charge in [-0.25, -0.2) is 0 Å². The molecule has 0 aromatic carbocycles. The van der Waals surface area contributed by atoms with Crippen molar-refractivity contribution in [3.05, 3.63) is 5.21 Å². The van der Waals surface area contributed by atoms with E-state index in [1.54, 1.807) is 0 Å². The van der Waals surface area contributed by atoms with E-state index in [0.717, 1.165) is 12.8 Å². The van der Waals surface area contributed by atoms with Gasteiger partial charge < -0.3 is 5.21 Å². The van der Waals surface area contributed by atoms with Crippen LogP contribution in [-0.4, -0.2) is 18.5 Å². The maximum Gasteiger partial charge on any atom is 0.171 e. The average molecular weight is 116 g/mol. The van der Waals surface area contributed by atoms with E-state index in [1.165, 1.54) is 7.05 Å². The first-order valence-corrected chi connectivity index (χ1v) is 2.85. The first kappa shape index (κ1) is 7.40. The van der Waals surface area contributed by atoms with Crippen molar-refractivity contribution in [1.82, 2.24) is 0 Å². The van der Waals surface area contributed by atoms with Gasteiger partial charge in [0.25, 0.3) is 0 Å². The van der Waals surface area contributed by atoms with Crippen molar-refractivity contribution in [2.45, 2.75) is 19.8 Å². The fourth-order valence-electron chi connectivity index (χ4n) is 0.370. The number of hydroxylamine groups is 1. The van der Waals surface area contributed by atoms with Crippen molar-refractivity contribution in [2.75, 3.05) is 13.6 Å². The number of unbranched alkanes of at least 4 members (excludes halogenated alkanes) is 1. The molecule has 0 aromatic heterocycles. The number of nitrogens with zero attached hydrogens (tertiary/aromatic N) is 2. The fraction of sp³-hybridized carbons (Fsp3) is 1.00. The molecule has 0 radical (unpaired) electrons. The minimum Gasteiger partial charge on any atom is -0.600 e. The zero-order chi connectivity index (χ0) is 6.41. The van der Waals surface area contributed by atoms with Gasteiger partial charge in [0, 0.05) is 0 Å². The summed E-state index contributed by atoms with van der Waals surface area (Å²) in [6.07, 6.45) is 2.10. The molecule has 0 spiro atoms. The van der Waals surface area contributed by atoms with Gasteiger partial charge in [0.2, 0.25) is 0 Å². The Kier molecular flexibility index (Phi) is 4.21. The van der Waals surface area contributed by atoms with Crippen molar-refractivity contribution in [2.24, 2.45) is 5.11 Å². The second kappa shape index (κ2) is 4.56. The SMILES string of the molecule is CCCCN=[N+](C)[O-]. The zero-order valence-electron chi connectivity index (χ0n) is 5.42. The van der Waals surface area contributed by atoms with E-state index in [0.29, 0.717) is 11.4 Å². The normalized spacial score (nSPS) is 12.0. The molecule has 0 N–H and O–H groups in total. The van der Waals surface area contributed by atoms with Crippen LogP contribution in [0.15, 0.2) is 5.11 Å². The number of hydrogen-bond acceptors (Lipinski definition) is 2. The molecule has 0 heterocycles. The van der Waals surface area contributed by atoms with Gasteiger partial charge in [-0.2, -0.15) is 0 Å². The van der Waals surface area contributed by atoms with Gasteiger partial charge in [-0.3, -0.25) is 0 Å². The number of hydrogen-bond donors (Lipinski definition) is 0. The van der Waals surface area contributed by atoms with E-state index in [2.05, 4.69) is 12.0 Å². The van der Waals surface area contributed by atoms with Crippen molar-refractivity contribution in [3.8, 4) is 0 Å². The maximum absolute atomic E-state index is 10.1. The third-order valence-electron chi connectivity index (χ3n) is 0.811. The second-order valence-corrected chi connectivity index (χ2v) is 1.68. The summed E-state index contributed by atoms with van der Waals surface area (Å²) in [6.45, 7) is 2.73. The summed E-state index contributed by atoms with van der Waals surface area (Å²) < 4.78 is 0. The molecule has 0 fully saturated rings. The summed E-state index contributed by atoms with van der Waals surface area (Å²) in [5.41, 5.74) is 0. The van der Waals surface area contributed by atoms with E-state index >= 15 is 0 Å². The molecule has 0 aromatic rings. The van der Waals surface area contributed by atoms with Gasteiger partial charge in [0.1, 0.15) is 6.54 Å². The maximum atomic E-state index is 10.1. The third-order valence-corrected chi connectivity index (χ3v) is 0.811. The number of azo groups is 1. The summed E-state index contributed by atoms with van der Waals surface area (Å²) in [5, 5.41) is 13.7. The summed E-state index contributed by atoms with van der Waals surface area (Å²) in [5.74, 6) is 0. The Hall–Kier alpha value is -0.600. The van der Waals surface area contributed by atoms with Crippen LogP contribution >= 0.6 is 0 Å². The van der Waals surface area contributed by atoms with Crippen LogP contribution in [0.2, 0.25) is 0 Å². The third kappa shape index (κ3) is 5.40. The highest BCUT2D eigenvalue weighted by Gasteiger charge is 1.81. The molecule has 48 valence electrons. The molecule has 0 aliphatic rings. The van der Waals surface area contributed by atoms with Gasteiger partial charge in [-0.1, -0.05) is 13.3 Å². The molecule has 0 unspecified atom stereocenters. The van der Waals surface area contributed by atoms with Gasteiger partial charge in [0.05, 0.1) is 0 Å². The van der Waals surface area contributed by atoms with Crippen LogP contribution in [0.1, 0.15) is 19.8 Å².